The molecule has 0 aliphatic rings. The number of guanidine groups is 1. The highest BCUT2D eigenvalue weighted by molar-refractivity contribution is 5.82. The number of terminal acetylenes is 1. The molecule has 2 rings (SSSR count). The second-order valence-electron chi connectivity index (χ2n) is 4.40. The predicted octanol–water partition coefficient (Wildman–Crippen LogP) is 2.43. The Labute approximate surface area is 119 Å². The van der Waals surface area contributed by atoms with Crippen LogP contribution in [-0.4, -0.2) is 19.0 Å². The van der Waals surface area contributed by atoms with Gasteiger partial charge in [-0.15, -0.1) is 6.42 Å². The third-order valence-electron chi connectivity index (χ3n) is 3.03. The molecule has 0 unspecified atom stereocenters. The fourth-order valence-corrected chi connectivity index (χ4v) is 2.00. The van der Waals surface area contributed by atoms with Gasteiger partial charge in [0.05, 0.1) is 6.54 Å². The van der Waals surface area contributed by atoms with E-state index < -0.39 is 0 Å². The Morgan fingerprint density at radius 3 is 2.85 bits per heavy atom. The van der Waals surface area contributed by atoms with Crippen LogP contribution < -0.4 is 10.6 Å². The minimum absolute atomic E-state index is 0.449. The van der Waals surface area contributed by atoms with Crippen LogP contribution in [0.15, 0.2) is 33.7 Å². The van der Waals surface area contributed by atoms with Gasteiger partial charge in [0.15, 0.2) is 5.96 Å². The quantitative estimate of drug-likeness (QED) is 0.509. The zero-order chi connectivity index (χ0) is 14.4. The van der Waals surface area contributed by atoms with E-state index >= 15 is 0 Å². The van der Waals surface area contributed by atoms with Gasteiger partial charge < -0.3 is 15.1 Å². The molecule has 0 saturated carbocycles. The van der Waals surface area contributed by atoms with Crippen molar-refractivity contribution in [1.29, 1.82) is 0 Å². The van der Waals surface area contributed by atoms with Crippen molar-refractivity contribution in [3.05, 3.63) is 35.6 Å². The molecule has 0 bridgehead atoms. The number of aryl methyl sites for hydroxylation is 1. The van der Waals surface area contributed by atoms with Crippen molar-refractivity contribution >= 4 is 16.9 Å². The van der Waals surface area contributed by atoms with Crippen molar-refractivity contribution < 1.29 is 4.42 Å². The van der Waals surface area contributed by atoms with E-state index in [4.69, 9.17) is 10.8 Å². The molecular formula is C16H19N3O. The molecule has 2 aromatic rings. The first kappa shape index (κ1) is 14.0. The van der Waals surface area contributed by atoms with Gasteiger partial charge in [-0.25, -0.2) is 4.99 Å². The highest BCUT2D eigenvalue weighted by Gasteiger charge is 2.09. The van der Waals surface area contributed by atoms with Crippen LogP contribution >= 0.6 is 0 Å². The monoisotopic (exact) mass is 269 g/mol. The molecular weight excluding hydrogens is 250 g/mol. The summed E-state index contributed by atoms with van der Waals surface area (Å²) in [5, 5.41) is 7.34. The van der Waals surface area contributed by atoms with E-state index in [9.17, 15) is 0 Å². The summed E-state index contributed by atoms with van der Waals surface area (Å²) < 4.78 is 5.83. The summed E-state index contributed by atoms with van der Waals surface area (Å²) in [5.41, 5.74) is 2.04. The number of aliphatic imine (C=N–C) groups is 1. The minimum atomic E-state index is 0.449. The SMILES string of the molecule is C#CCNC(=NCc1oc2ccccc2c1C)NCC. The summed E-state index contributed by atoms with van der Waals surface area (Å²) in [4.78, 5) is 4.48. The molecule has 0 atom stereocenters. The maximum absolute atomic E-state index is 5.83. The largest absolute Gasteiger partial charge is 0.459 e. The first-order valence-corrected chi connectivity index (χ1v) is 6.69. The molecule has 1 heterocycles. The van der Waals surface area contributed by atoms with Gasteiger partial charge in [-0.05, 0) is 19.9 Å². The fourth-order valence-electron chi connectivity index (χ4n) is 2.00. The van der Waals surface area contributed by atoms with E-state index in [-0.39, 0.29) is 0 Å². The van der Waals surface area contributed by atoms with Crippen LogP contribution in [0.5, 0.6) is 0 Å². The Kier molecular flexibility index (Phi) is 4.67. The number of rotatable bonds is 4. The Balaban J connectivity index is 2.18. The summed E-state index contributed by atoms with van der Waals surface area (Å²) in [6.45, 7) is 5.79. The van der Waals surface area contributed by atoms with Crippen LogP contribution in [0.25, 0.3) is 11.0 Å². The third-order valence-corrected chi connectivity index (χ3v) is 3.03. The average molecular weight is 269 g/mol. The molecule has 0 saturated heterocycles. The smallest absolute Gasteiger partial charge is 0.192 e. The van der Waals surface area contributed by atoms with E-state index in [1.807, 2.05) is 25.1 Å². The van der Waals surface area contributed by atoms with E-state index in [0.29, 0.717) is 19.0 Å². The van der Waals surface area contributed by atoms with Crippen LogP contribution in [0.2, 0.25) is 0 Å². The fraction of sp³-hybridized carbons (Fsp3) is 0.312. The molecule has 1 aromatic heterocycles. The van der Waals surface area contributed by atoms with Gasteiger partial charge >= 0.3 is 0 Å². The molecule has 20 heavy (non-hydrogen) atoms. The van der Waals surface area contributed by atoms with Crippen LogP contribution in [0.1, 0.15) is 18.2 Å². The first-order chi connectivity index (χ1) is 9.76. The lowest BCUT2D eigenvalue weighted by Gasteiger charge is -2.08. The van der Waals surface area contributed by atoms with Crippen molar-refractivity contribution in [2.24, 2.45) is 4.99 Å². The maximum Gasteiger partial charge on any atom is 0.192 e. The summed E-state index contributed by atoms with van der Waals surface area (Å²) in [5.74, 6) is 4.11. The Hall–Kier alpha value is -2.41. The standard InChI is InChI=1S/C16H19N3O/c1-4-10-18-16(17-5-2)19-11-15-12(3)13-8-6-7-9-14(13)20-15/h1,6-9H,5,10-11H2,2-3H3,(H2,17,18,19). The van der Waals surface area contributed by atoms with Crippen molar-refractivity contribution in [3.8, 4) is 12.3 Å². The second-order valence-corrected chi connectivity index (χ2v) is 4.40. The maximum atomic E-state index is 5.83. The predicted molar refractivity (Wildman–Crippen MR) is 82.6 cm³/mol. The lowest BCUT2D eigenvalue weighted by molar-refractivity contribution is 0.548. The van der Waals surface area contributed by atoms with Gasteiger partial charge in [0.25, 0.3) is 0 Å². The minimum Gasteiger partial charge on any atom is -0.459 e. The molecule has 104 valence electrons. The van der Waals surface area contributed by atoms with Crippen molar-refractivity contribution in [2.45, 2.75) is 20.4 Å². The van der Waals surface area contributed by atoms with Gasteiger partial charge in [0.2, 0.25) is 0 Å². The lowest BCUT2D eigenvalue weighted by atomic mass is 10.1. The molecule has 2 N–H and O–H groups in total. The number of para-hydroxylation sites is 1. The number of fused-ring (bicyclic) bond motifs is 1. The molecule has 4 heteroatoms. The van der Waals surface area contributed by atoms with Crippen LogP contribution in [0.4, 0.5) is 0 Å². The first-order valence-electron chi connectivity index (χ1n) is 6.69. The van der Waals surface area contributed by atoms with Crippen LogP contribution in [-0.2, 0) is 6.54 Å². The van der Waals surface area contributed by atoms with Crippen molar-refractivity contribution in [3.63, 3.8) is 0 Å². The molecule has 0 amide bonds. The lowest BCUT2D eigenvalue weighted by Crippen LogP contribution is -2.37. The van der Waals surface area contributed by atoms with Gasteiger partial charge in [-0.1, -0.05) is 24.1 Å². The van der Waals surface area contributed by atoms with Crippen molar-refractivity contribution in [2.75, 3.05) is 13.1 Å². The Morgan fingerprint density at radius 2 is 2.15 bits per heavy atom. The molecule has 0 aliphatic carbocycles. The molecule has 0 radical (unpaired) electrons. The second kappa shape index (κ2) is 6.67. The number of furan rings is 1. The topological polar surface area (TPSA) is 49.6 Å². The summed E-state index contributed by atoms with van der Waals surface area (Å²) in [6.07, 6.45) is 5.24. The number of benzene rings is 1. The normalized spacial score (nSPS) is 11.3. The molecule has 0 aliphatic heterocycles. The third kappa shape index (κ3) is 3.12. The molecule has 0 fully saturated rings. The van der Waals surface area contributed by atoms with Crippen molar-refractivity contribution in [1.82, 2.24) is 10.6 Å². The highest BCUT2D eigenvalue weighted by atomic mass is 16.3. The van der Waals surface area contributed by atoms with Gasteiger partial charge in [-0.2, -0.15) is 0 Å². The number of hydrogen-bond donors (Lipinski definition) is 2. The van der Waals surface area contributed by atoms with E-state index in [2.05, 4.69) is 34.5 Å². The molecule has 4 nitrogen and oxygen atoms in total. The zero-order valence-corrected chi connectivity index (χ0v) is 11.9. The number of hydrogen-bond acceptors (Lipinski definition) is 2. The van der Waals surface area contributed by atoms with E-state index in [0.717, 1.165) is 28.8 Å². The van der Waals surface area contributed by atoms with Crippen LogP contribution in [0.3, 0.4) is 0 Å². The molecule has 0 spiro atoms. The van der Waals surface area contributed by atoms with Gasteiger partial charge in [0, 0.05) is 17.5 Å². The van der Waals surface area contributed by atoms with Gasteiger partial charge in [0.1, 0.15) is 17.9 Å². The zero-order valence-electron chi connectivity index (χ0n) is 11.9. The van der Waals surface area contributed by atoms with E-state index in [1.54, 1.807) is 0 Å². The number of nitrogens with zero attached hydrogens (tertiary/aromatic N) is 1. The Morgan fingerprint density at radius 1 is 1.35 bits per heavy atom. The average Bonchev–Trinajstić information content (AvgIpc) is 2.79. The van der Waals surface area contributed by atoms with Gasteiger partial charge in [-0.3, -0.25) is 0 Å². The summed E-state index contributed by atoms with van der Waals surface area (Å²) in [6, 6.07) is 8.01. The highest BCUT2D eigenvalue weighted by Crippen LogP contribution is 2.25. The molecule has 1 aromatic carbocycles. The number of nitrogens with one attached hydrogen (secondary N) is 2. The summed E-state index contributed by atoms with van der Waals surface area (Å²) in [7, 11) is 0. The summed E-state index contributed by atoms with van der Waals surface area (Å²) >= 11 is 0. The Bertz CT molecular complexity index is 649. The van der Waals surface area contributed by atoms with E-state index in [1.165, 1.54) is 0 Å². The van der Waals surface area contributed by atoms with Crippen LogP contribution in [0, 0.1) is 19.3 Å².